The summed E-state index contributed by atoms with van der Waals surface area (Å²) >= 11 is 3.32. The van der Waals surface area contributed by atoms with Crippen molar-refractivity contribution in [1.82, 2.24) is 9.78 Å². The first-order valence-electron chi connectivity index (χ1n) is 4.65. The van der Waals surface area contributed by atoms with Crippen LogP contribution in [0.5, 0.6) is 0 Å². The van der Waals surface area contributed by atoms with Gasteiger partial charge in [-0.15, -0.1) is 0 Å². The largest absolute Gasteiger partial charge is 0.378 e. The Kier molecular flexibility index (Phi) is 3.01. The minimum atomic E-state index is 0.461. The Morgan fingerprint density at radius 3 is 3.23 bits per heavy atom. The normalized spacial score (nSPS) is 22.4. The molecule has 2 heterocycles. The molecule has 0 aromatic carbocycles. The van der Waals surface area contributed by atoms with E-state index in [-0.39, 0.29) is 0 Å². The summed E-state index contributed by atoms with van der Waals surface area (Å²) in [5.74, 6) is 0. The first kappa shape index (κ1) is 9.21. The molecule has 1 atom stereocenters. The van der Waals surface area contributed by atoms with Crippen molar-refractivity contribution >= 4 is 15.9 Å². The van der Waals surface area contributed by atoms with Gasteiger partial charge in [0, 0.05) is 19.3 Å². The first-order valence-corrected chi connectivity index (χ1v) is 5.44. The number of hydrogen-bond donors (Lipinski definition) is 0. The van der Waals surface area contributed by atoms with Gasteiger partial charge in [-0.1, -0.05) is 0 Å². The van der Waals surface area contributed by atoms with Crippen LogP contribution >= 0.6 is 15.9 Å². The Hall–Kier alpha value is -0.350. The highest BCUT2D eigenvalue weighted by Crippen LogP contribution is 2.16. The number of rotatable bonds is 3. The fourth-order valence-corrected chi connectivity index (χ4v) is 1.93. The summed E-state index contributed by atoms with van der Waals surface area (Å²) < 4.78 is 8.38. The summed E-state index contributed by atoms with van der Waals surface area (Å²) in [6.45, 7) is 1.89. The number of aryl methyl sites for hydroxylation is 1. The molecule has 4 heteroatoms. The van der Waals surface area contributed by atoms with Crippen LogP contribution < -0.4 is 0 Å². The van der Waals surface area contributed by atoms with Crippen molar-refractivity contribution in [3.8, 4) is 0 Å². The molecular formula is C9H13BrN2O. The Morgan fingerprint density at radius 1 is 1.69 bits per heavy atom. The van der Waals surface area contributed by atoms with Crippen LogP contribution in [0.2, 0.25) is 0 Å². The summed E-state index contributed by atoms with van der Waals surface area (Å²) in [5, 5.41) is 4.25. The minimum absolute atomic E-state index is 0.461. The molecule has 1 unspecified atom stereocenters. The van der Waals surface area contributed by atoms with Gasteiger partial charge in [0.25, 0.3) is 0 Å². The Morgan fingerprint density at radius 2 is 2.62 bits per heavy atom. The van der Waals surface area contributed by atoms with E-state index < -0.39 is 0 Å². The van der Waals surface area contributed by atoms with E-state index >= 15 is 0 Å². The third-order valence-corrected chi connectivity index (χ3v) is 2.74. The van der Waals surface area contributed by atoms with Crippen molar-refractivity contribution in [3.05, 3.63) is 16.9 Å². The van der Waals surface area contributed by atoms with Gasteiger partial charge in [0.05, 0.1) is 6.10 Å². The fraction of sp³-hybridized carbons (Fsp3) is 0.667. The molecule has 2 rings (SSSR count). The van der Waals surface area contributed by atoms with E-state index in [1.807, 2.05) is 16.9 Å². The summed E-state index contributed by atoms with van der Waals surface area (Å²) in [7, 11) is 0. The minimum Gasteiger partial charge on any atom is -0.378 e. The second-order valence-electron chi connectivity index (χ2n) is 3.33. The van der Waals surface area contributed by atoms with E-state index in [9.17, 15) is 0 Å². The highest BCUT2D eigenvalue weighted by Gasteiger charge is 2.14. The Bertz CT molecular complexity index is 268. The molecular weight excluding hydrogens is 232 g/mol. The van der Waals surface area contributed by atoms with E-state index in [1.54, 1.807) is 0 Å². The molecule has 0 radical (unpaired) electrons. The molecule has 1 saturated heterocycles. The van der Waals surface area contributed by atoms with Gasteiger partial charge in [0.15, 0.2) is 0 Å². The maximum absolute atomic E-state index is 5.53. The number of ether oxygens (including phenoxy) is 1. The second kappa shape index (κ2) is 4.24. The molecule has 1 fully saturated rings. The lowest BCUT2D eigenvalue weighted by molar-refractivity contribution is 0.0994. The molecule has 1 aromatic rings. The van der Waals surface area contributed by atoms with Crippen LogP contribution in [0.1, 0.15) is 19.3 Å². The van der Waals surface area contributed by atoms with Gasteiger partial charge < -0.3 is 4.74 Å². The molecule has 1 aliphatic heterocycles. The smallest absolute Gasteiger partial charge is 0.128 e. The summed E-state index contributed by atoms with van der Waals surface area (Å²) in [5.41, 5.74) is 0. The van der Waals surface area contributed by atoms with Gasteiger partial charge in [-0.3, -0.25) is 4.68 Å². The van der Waals surface area contributed by atoms with E-state index in [1.165, 1.54) is 12.8 Å². The molecule has 1 aliphatic rings. The molecule has 0 bridgehead atoms. The maximum Gasteiger partial charge on any atom is 0.128 e. The number of aromatic nitrogens is 2. The molecule has 0 spiro atoms. The van der Waals surface area contributed by atoms with Gasteiger partial charge >= 0.3 is 0 Å². The van der Waals surface area contributed by atoms with Crippen molar-refractivity contribution in [2.75, 3.05) is 6.61 Å². The first-order chi connectivity index (χ1) is 6.34. The maximum atomic E-state index is 5.53. The zero-order chi connectivity index (χ0) is 9.10. The lowest BCUT2D eigenvalue weighted by atomic mass is 10.2. The van der Waals surface area contributed by atoms with Gasteiger partial charge in [0.1, 0.15) is 4.60 Å². The van der Waals surface area contributed by atoms with Gasteiger partial charge in [-0.25, -0.2) is 0 Å². The van der Waals surface area contributed by atoms with Crippen molar-refractivity contribution < 1.29 is 4.74 Å². The predicted molar refractivity (Wildman–Crippen MR) is 53.5 cm³/mol. The van der Waals surface area contributed by atoms with E-state index in [0.29, 0.717) is 6.10 Å². The van der Waals surface area contributed by atoms with Crippen LogP contribution in [0, 0.1) is 0 Å². The quantitative estimate of drug-likeness (QED) is 0.816. The lowest BCUT2D eigenvalue weighted by Gasteiger charge is -2.08. The summed E-state index contributed by atoms with van der Waals surface area (Å²) in [4.78, 5) is 0. The van der Waals surface area contributed by atoms with Crippen LogP contribution in [0.4, 0.5) is 0 Å². The molecule has 72 valence electrons. The monoisotopic (exact) mass is 244 g/mol. The lowest BCUT2D eigenvalue weighted by Crippen LogP contribution is -2.10. The zero-order valence-electron chi connectivity index (χ0n) is 7.45. The number of hydrogen-bond acceptors (Lipinski definition) is 2. The molecule has 1 aromatic heterocycles. The van der Waals surface area contributed by atoms with Crippen LogP contribution in [0.15, 0.2) is 16.9 Å². The van der Waals surface area contributed by atoms with Crippen molar-refractivity contribution in [2.24, 2.45) is 0 Å². The number of nitrogens with zero attached hydrogens (tertiary/aromatic N) is 2. The molecule has 13 heavy (non-hydrogen) atoms. The van der Waals surface area contributed by atoms with Gasteiger partial charge in [-0.05, 0) is 41.3 Å². The van der Waals surface area contributed by atoms with Gasteiger partial charge in [0.2, 0.25) is 0 Å². The van der Waals surface area contributed by atoms with Crippen LogP contribution in [0.25, 0.3) is 0 Å². The summed E-state index contributed by atoms with van der Waals surface area (Å²) in [6, 6.07) is 1.95. The number of halogens is 1. The van der Waals surface area contributed by atoms with Crippen molar-refractivity contribution in [1.29, 1.82) is 0 Å². The topological polar surface area (TPSA) is 27.1 Å². The molecule has 0 saturated carbocycles. The predicted octanol–water partition coefficient (Wildman–Crippen LogP) is 2.21. The van der Waals surface area contributed by atoms with Crippen LogP contribution in [0.3, 0.4) is 0 Å². The average Bonchev–Trinajstić information content (AvgIpc) is 2.71. The third-order valence-electron chi connectivity index (χ3n) is 2.31. The fourth-order valence-electron chi connectivity index (χ4n) is 1.61. The SMILES string of the molecule is Brc1ccn(CCC2CCCO2)n1. The van der Waals surface area contributed by atoms with E-state index in [4.69, 9.17) is 4.74 Å². The standard InChI is InChI=1S/C9H13BrN2O/c10-9-4-6-12(11-9)5-3-8-2-1-7-13-8/h4,6,8H,1-3,5,7H2. The van der Waals surface area contributed by atoms with Gasteiger partial charge in [-0.2, -0.15) is 5.10 Å². The molecule has 0 amide bonds. The Labute approximate surface area is 86.2 Å². The van der Waals surface area contributed by atoms with Crippen molar-refractivity contribution in [2.45, 2.75) is 31.9 Å². The molecule has 0 aliphatic carbocycles. The van der Waals surface area contributed by atoms with Crippen molar-refractivity contribution in [3.63, 3.8) is 0 Å². The Balaban J connectivity index is 1.78. The second-order valence-corrected chi connectivity index (χ2v) is 4.14. The van der Waals surface area contributed by atoms with E-state index in [0.717, 1.165) is 24.2 Å². The highest BCUT2D eigenvalue weighted by molar-refractivity contribution is 9.10. The van der Waals surface area contributed by atoms with Crippen LogP contribution in [-0.2, 0) is 11.3 Å². The highest BCUT2D eigenvalue weighted by atomic mass is 79.9. The average molecular weight is 245 g/mol. The summed E-state index contributed by atoms with van der Waals surface area (Å²) in [6.07, 6.45) is 5.95. The molecule has 3 nitrogen and oxygen atoms in total. The van der Waals surface area contributed by atoms with Crippen LogP contribution in [-0.4, -0.2) is 22.5 Å². The zero-order valence-corrected chi connectivity index (χ0v) is 9.03. The van der Waals surface area contributed by atoms with E-state index in [2.05, 4.69) is 21.0 Å². The third kappa shape index (κ3) is 2.54. The molecule has 0 N–H and O–H groups in total.